The average Bonchev–Trinajstić information content (AvgIpc) is 3.17. The predicted molar refractivity (Wildman–Crippen MR) is 92.0 cm³/mol. The van der Waals surface area contributed by atoms with Crippen LogP contribution in [0.1, 0.15) is 28.2 Å². The average molecular weight is 317 g/mol. The van der Waals surface area contributed by atoms with Gasteiger partial charge in [0.05, 0.1) is 6.54 Å². The molecule has 0 unspecified atom stereocenters. The number of hydrogen-bond donors (Lipinski definition) is 0. The summed E-state index contributed by atoms with van der Waals surface area (Å²) in [5, 5.41) is 4.21. The highest BCUT2D eigenvalue weighted by Gasteiger charge is 2.29. The lowest BCUT2D eigenvalue weighted by Crippen LogP contribution is -2.36. The summed E-state index contributed by atoms with van der Waals surface area (Å²) in [6.07, 6.45) is 3.16. The second kappa shape index (κ2) is 7.38. The molecule has 1 aliphatic heterocycles. The minimum absolute atomic E-state index is 0.0237. The third kappa shape index (κ3) is 3.52. The van der Waals surface area contributed by atoms with Gasteiger partial charge < -0.3 is 4.90 Å². The van der Waals surface area contributed by atoms with Crippen LogP contribution in [0.2, 0.25) is 0 Å². The Bertz CT molecular complexity index is 613. The Morgan fingerprint density at radius 2 is 2.10 bits per heavy atom. The lowest BCUT2D eigenvalue weighted by Gasteiger charge is -2.31. The first-order valence-electron chi connectivity index (χ1n) is 6.79. The van der Waals surface area contributed by atoms with E-state index in [1.54, 1.807) is 28.7 Å². The van der Waals surface area contributed by atoms with Crippen LogP contribution in [0.15, 0.2) is 54.3 Å². The number of carbonyl (C=O) groups excluding carboxylic acids is 1. The molecule has 2 aromatic rings. The van der Waals surface area contributed by atoms with E-state index < -0.39 is 0 Å². The highest BCUT2D eigenvalue weighted by molar-refractivity contribution is 7.10. The van der Waals surface area contributed by atoms with Gasteiger partial charge in [-0.3, -0.25) is 4.79 Å². The normalized spacial score (nSPS) is 16.4. The van der Waals surface area contributed by atoms with Crippen LogP contribution in [0.25, 0.3) is 0 Å². The highest BCUT2D eigenvalue weighted by atomic mass is 32.1. The Hall–Kier alpha value is -1.65. The Morgan fingerprint density at radius 3 is 2.71 bits per heavy atom. The molecule has 4 heteroatoms. The zero-order valence-electron chi connectivity index (χ0n) is 12.1. The standard InChI is InChI=1S/C14H13NOS2.C3H6/c1-2-14(16)15-8-11(12-4-3-6-17-12)10-5-7-18-13(10)9-15;1-3-2/h2-7,11H,1,8-9H2;3H,1H2,2H3/t11-;/m1./s1. The van der Waals surface area contributed by atoms with Crippen molar-refractivity contribution >= 4 is 28.6 Å². The fraction of sp³-hybridized carbons (Fsp3) is 0.235. The lowest BCUT2D eigenvalue weighted by molar-refractivity contribution is -0.127. The lowest BCUT2D eigenvalue weighted by atomic mass is 9.94. The molecular formula is C17H19NOS2. The van der Waals surface area contributed by atoms with Crippen molar-refractivity contribution in [1.29, 1.82) is 0 Å². The monoisotopic (exact) mass is 317 g/mol. The second-order valence-electron chi connectivity index (χ2n) is 4.70. The van der Waals surface area contributed by atoms with E-state index >= 15 is 0 Å². The molecule has 0 radical (unpaired) electrons. The van der Waals surface area contributed by atoms with Crippen molar-refractivity contribution in [3.05, 3.63) is 69.6 Å². The number of amides is 1. The van der Waals surface area contributed by atoms with E-state index in [4.69, 9.17) is 0 Å². The summed E-state index contributed by atoms with van der Waals surface area (Å²) in [4.78, 5) is 16.3. The van der Waals surface area contributed by atoms with Crippen LogP contribution < -0.4 is 0 Å². The largest absolute Gasteiger partial charge is 0.333 e. The van der Waals surface area contributed by atoms with Crippen LogP contribution in [0.4, 0.5) is 0 Å². The van der Waals surface area contributed by atoms with Crippen molar-refractivity contribution in [2.24, 2.45) is 0 Å². The predicted octanol–water partition coefficient (Wildman–Crippen LogP) is 4.66. The molecule has 0 aromatic carbocycles. The Kier molecular flexibility index (Phi) is 5.53. The van der Waals surface area contributed by atoms with Crippen LogP contribution in [-0.2, 0) is 11.3 Å². The quantitative estimate of drug-likeness (QED) is 0.582. The van der Waals surface area contributed by atoms with Gasteiger partial charge in [0.25, 0.3) is 0 Å². The molecule has 3 rings (SSSR count). The van der Waals surface area contributed by atoms with Crippen molar-refractivity contribution in [2.45, 2.75) is 19.4 Å². The summed E-state index contributed by atoms with van der Waals surface area (Å²) in [7, 11) is 0. The van der Waals surface area contributed by atoms with Gasteiger partial charge in [-0.2, -0.15) is 0 Å². The van der Waals surface area contributed by atoms with Gasteiger partial charge in [-0.15, -0.1) is 29.3 Å². The number of fused-ring (bicyclic) bond motifs is 1. The van der Waals surface area contributed by atoms with Gasteiger partial charge >= 0.3 is 0 Å². The third-order valence-corrected chi connectivity index (χ3v) is 5.17. The van der Waals surface area contributed by atoms with Gasteiger partial charge in [-0.05, 0) is 41.5 Å². The smallest absolute Gasteiger partial charge is 0.246 e. The van der Waals surface area contributed by atoms with Crippen LogP contribution in [-0.4, -0.2) is 17.4 Å². The number of carbonyl (C=O) groups is 1. The Balaban J connectivity index is 0.000000497. The van der Waals surface area contributed by atoms with E-state index in [-0.39, 0.29) is 5.91 Å². The molecule has 110 valence electrons. The molecular weight excluding hydrogens is 298 g/mol. The van der Waals surface area contributed by atoms with Gasteiger partial charge in [-0.1, -0.05) is 18.7 Å². The minimum Gasteiger partial charge on any atom is -0.333 e. The molecule has 2 nitrogen and oxygen atoms in total. The molecule has 0 saturated carbocycles. The third-order valence-electron chi connectivity index (χ3n) is 3.27. The van der Waals surface area contributed by atoms with E-state index in [1.165, 1.54) is 21.4 Å². The van der Waals surface area contributed by atoms with Crippen molar-refractivity contribution < 1.29 is 4.79 Å². The summed E-state index contributed by atoms with van der Waals surface area (Å²) >= 11 is 3.49. The molecule has 0 aliphatic carbocycles. The first-order valence-corrected chi connectivity index (χ1v) is 8.55. The van der Waals surface area contributed by atoms with E-state index in [0.717, 1.165) is 13.1 Å². The van der Waals surface area contributed by atoms with Crippen molar-refractivity contribution in [2.75, 3.05) is 6.54 Å². The molecule has 2 aromatic heterocycles. The molecule has 0 bridgehead atoms. The number of hydrogen-bond acceptors (Lipinski definition) is 3. The summed E-state index contributed by atoms with van der Waals surface area (Å²) < 4.78 is 0. The van der Waals surface area contributed by atoms with E-state index in [9.17, 15) is 4.79 Å². The molecule has 0 N–H and O–H groups in total. The van der Waals surface area contributed by atoms with Crippen LogP contribution in [0.3, 0.4) is 0 Å². The first-order chi connectivity index (χ1) is 10.2. The molecule has 0 fully saturated rings. The number of rotatable bonds is 2. The number of nitrogens with zero attached hydrogens (tertiary/aromatic N) is 1. The van der Waals surface area contributed by atoms with Gasteiger partial charge in [0.1, 0.15) is 0 Å². The van der Waals surface area contributed by atoms with Crippen molar-refractivity contribution in [1.82, 2.24) is 4.90 Å². The first kappa shape index (κ1) is 15.7. The van der Waals surface area contributed by atoms with Gasteiger partial charge in [0.2, 0.25) is 5.91 Å². The van der Waals surface area contributed by atoms with E-state index in [2.05, 4.69) is 42.1 Å². The fourth-order valence-corrected chi connectivity index (χ4v) is 4.17. The van der Waals surface area contributed by atoms with Crippen LogP contribution in [0.5, 0.6) is 0 Å². The molecule has 1 atom stereocenters. The summed E-state index contributed by atoms with van der Waals surface area (Å²) in [5.41, 5.74) is 1.38. The molecule has 21 heavy (non-hydrogen) atoms. The molecule has 1 aliphatic rings. The van der Waals surface area contributed by atoms with Crippen LogP contribution in [0, 0.1) is 0 Å². The second-order valence-corrected chi connectivity index (χ2v) is 6.68. The zero-order chi connectivity index (χ0) is 15.2. The SMILES string of the molecule is C=CC.C=CC(=O)N1Cc2sccc2[C@H](c2cccs2)C1. The fourth-order valence-electron chi connectivity index (χ4n) is 2.38. The minimum atomic E-state index is 0.0237. The van der Waals surface area contributed by atoms with Crippen LogP contribution >= 0.6 is 22.7 Å². The summed E-state index contributed by atoms with van der Waals surface area (Å²) in [6, 6.07) is 6.42. The zero-order valence-corrected chi connectivity index (χ0v) is 13.8. The summed E-state index contributed by atoms with van der Waals surface area (Å²) in [5.74, 6) is 0.347. The number of thiophene rings is 2. The summed E-state index contributed by atoms with van der Waals surface area (Å²) in [6.45, 7) is 10.3. The molecule has 3 heterocycles. The Labute approximate surface area is 134 Å². The van der Waals surface area contributed by atoms with Gasteiger partial charge in [0.15, 0.2) is 0 Å². The number of allylic oxidation sites excluding steroid dienone is 1. The van der Waals surface area contributed by atoms with Gasteiger partial charge in [0, 0.05) is 22.2 Å². The molecule has 0 spiro atoms. The Morgan fingerprint density at radius 1 is 1.33 bits per heavy atom. The van der Waals surface area contributed by atoms with E-state index in [1.807, 2.05) is 11.8 Å². The maximum absolute atomic E-state index is 11.8. The highest BCUT2D eigenvalue weighted by Crippen LogP contribution is 2.38. The van der Waals surface area contributed by atoms with Crippen molar-refractivity contribution in [3.8, 4) is 0 Å². The topological polar surface area (TPSA) is 20.3 Å². The molecule has 1 amide bonds. The maximum Gasteiger partial charge on any atom is 0.246 e. The van der Waals surface area contributed by atoms with Gasteiger partial charge in [-0.25, -0.2) is 0 Å². The van der Waals surface area contributed by atoms with Crippen molar-refractivity contribution in [3.63, 3.8) is 0 Å². The van der Waals surface area contributed by atoms with E-state index in [0.29, 0.717) is 5.92 Å². The molecule has 0 saturated heterocycles. The maximum atomic E-state index is 11.8.